The Kier molecular flexibility index (Phi) is 3.56. The van der Waals surface area contributed by atoms with Gasteiger partial charge < -0.3 is 10.2 Å². The predicted octanol–water partition coefficient (Wildman–Crippen LogP) is 1.74. The minimum absolute atomic E-state index is 0.0947. The van der Waals surface area contributed by atoms with Crippen LogP contribution in [0.5, 0.6) is 0 Å². The van der Waals surface area contributed by atoms with Crippen molar-refractivity contribution in [1.29, 1.82) is 0 Å². The molecule has 1 unspecified atom stereocenters. The van der Waals surface area contributed by atoms with Crippen molar-refractivity contribution in [3.8, 4) is 0 Å². The normalized spacial score (nSPS) is 21.4. The van der Waals surface area contributed by atoms with Crippen LogP contribution in [0.25, 0.3) is 0 Å². The van der Waals surface area contributed by atoms with Gasteiger partial charge in [0.05, 0.1) is 5.69 Å². The van der Waals surface area contributed by atoms with Crippen LogP contribution in [-0.2, 0) is 9.59 Å². The molecule has 0 aliphatic carbocycles. The van der Waals surface area contributed by atoms with E-state index in [4.69, 9.17) is 5.11 Å². The molecular formula is C14H14N2O4. The Balaban J connectivity index is 2.53. The quantitative estimate of drug-likeness (QED) is 0.798. The summed E-state index contributed by atoms with van der Waals surface area (Å²) in [7, 11) is 0. The molecule has 2 N–H and O–H groups in total. The third-order valence-electron chi connectivity index (χ3n) is 3.21. The fraction of sp³-hybridized carbons (Fsp3) is 0.214. The van der Waals surface area contributed by atoms with Gasteiger partial charge in [-0.25, -0.2) is 14.6 Å². The van der Waals surface area contributed by atoms with Crippen LogP contribution in [-0.4, -0.2) is 33.4 Å². The molecule has 6 heteroatoms. The smallest absolute Gasteiger partial charge is 0.352 e. The minimum Gasteiger partial charge on any atom is -0.479 e. The van der Waals surface area contributed by atoms with E-state index in [2.05, 4.69) is 11.7 Å². The van der Waals surface area contributed by atoms with Gasteiger partial charge in [-0.1, -0.05) is 24.3 Å². The van der Waals surface area contributed by atoms with Crippen LogP contribution in [0.15, 0.2) is 48.1 Å². The lowest BCUT2D eigenvalue weighted by molar-refractivity contribution is -0.142. The van der Waals surface area contributed by atoms with Crippen LogP contribution in [0.3, 0.4) is 0 Å². The molecule has 20 heavy (non-hydrogen) atoms. The van der Waals surface area contributed by atoms with Crippen molar-refractivity contribution in [2.24, 2.45) is 5.10 Å². The second-order valence-electron chi connectivity index (χ2n) is 4.51. The zero-order valence-electron chi connectivity index (χ0n) is 10.7. The van der Waals surface area contributed by atoms with E-state index in [1.165, 1.54) is 11.1 Å². The first-order valence-electron chi connectivity index (χ1n) is 6.01. The number of carboxylic acids is 2. The Bertz CT molecular complexity index is 582. The molecule has 0 saturated heterocycles. The summed E-state index contributed by atoms with van der Waals surface area (Å²) in [6.45, 7) is 3.56. The molecule has 0 fully saturated rings. The Morgan fingerprint density at radius 1 is 1.35 bits per heavy atom. The minimum atomic E-state index is -1.43. The molecule has 0 amide bonds. The fourth-order valence-corrected chi connectivity index (χ4v) is 2.25. The number of carboxylic acid groups (broad SMARTS) is 2. The first-order valence-corrected chi connectivity index (χ1v) is 6.01. The van der Waals surface area contributed by atoms with Crippen molar-refractivity contribution in [3.05, 3.63) is 43.0 Å². The third-order valence-corrected chi connectivity index (χ3v) is 3.21. The zero-order chi connectivity index (χ0) is 14.8. The number of para-hydroxylation sites is 1. The summed E-state index contributed by atoms with van der Waals surface area (Å²) >= 11 is 0. The van der Waals surface area contributed by atoms with Gasteiger partial charge in [0.25, 0.3) is 0 Å². The average molecular weight is 274 g/mol. The maximum absolute atomic E-state index is 11.7. The number of hydrogen-bond acceptors (Lipinski definition) is 4. The lowest BCUT2D eigenvalue weighted by Gasteiger charge is -2.32. The second kappa shape index (κ2) is 5.16. The van der Waals surface area contributed by atoms with Gasteiger partial charge in [0, 0.05) is 12.8 Å². The molecule has 104 valence electrons. The van der Waals surface area contributed by atoms with Gasteiger partial charge in [0.2, 0.25) is 0 Å². The van der Waals surface area contributed by atoms with Crippen LogP contribution in [0.4, 0.5) is 5.69 Å². The number of aliphatic carboxylic acids is 2. The van der Waals surface area contributed by atoms with E-state index in [0.29, 0.717) is 5.69 Å². The van der Waals surface area contributed by atoms with Crippen molar-refractivity contribution in [2.45, 2.75) is 18.4 Å². The maximum Gasteiger partial charge on any atom is 0.352 e. The number of hydrogen-bond donors (Lipinski definition) is 2. The molecule has 0 saturated carbocycles. The molecule has 1 aromatic carbocycles. The van der Waals surface area contributed by atoms with Gasteiger partial charge in [-0.15, -0.1) is 6.58 Å². The molecule has 0 bridgehead atoms. The number of anilines is 1. The van der Waals surface area contributed by atoms with Gasteiger partial charge in [-0.3, -0.25) is 0 Å². The van der Waals surface area contributed by atoms with E-state index in [1.54, 1.807) is 30.3 Å². The Morgan fingerprint density at radius 3 is 2.50 bits per heavy atom. The number of hydrazone groups is 1. The molecule has 0 aromatic heterocycles. The first-order chi connectivity index (χ1) is 9.51. The molecule has 0 spiro atoms. The number of benzene rings is 1. The van der Waals surface area contributed by atoms with E-state index in [9.17, 15) is 14.7 Å². The van der Waals surface area contributed by atoms with Crippen LogP contribution in [0.2, 0.25) is 0 Å². The van der Waals surface area contributed by atoms with Crippen molar-refractivity contribution in [2.75, 3.05) is 5.01 Å². The summed E-state index contributed by atoms with van der Waals surface area (Å²) < 4.78 is 0. The van der Waals surface area contributed by atoms with Gasteiger partial charge >= 0.3 is 11.9 Å². The average Bonchev–Trinajstić information content (AvgIpc) is 2.81. The summed E-state index contributed by atoms with van der Waals surface area (Å²) in [6.07, 6.45) is 1.39. The van der Waals surface area contributed by atoms with Crippen LogP contribution < -0.4 is 5.01 Å². The topological polar surface area (TPSA) is 90.2 Å². The Labute approximate surface area is 115 Å². The predicted molar refractivity (Wildman–Crippen MR) is 73.8 cm³/mol. The SMILES string of the molecule is C=CCC1(C(=O)O)CC(C(=O)O)=NN1c1ccccc1. The number of nitrogens with zero attached hydrogens (tertiary/aromatic N) is 2. The summed E-state index contributed by atoms with van der Waals surface area (Å²) in [5.74, 6) is -2.33. The van der Waals surface area contributed by atoms with Crippen molar-refractivity contribution in [1.82, 2.24) is 0 Å². The molecule has 1 aromatic rings. The fourth-order valence-electron chi connectivity index (χ4n) is 2.25. The standard InChI is InChI=1S/C14H14N2O4/c1-2-8-14(13(19)20)9-11(12(17)18)15-16(14)10-6-4-3-5-7-10/h2-7H,1,8-9H2,(H,17,18)(H,19,20). The zero-order valence-corrected chi connectivity index (χ0v) is 10.7. The van der Waals surface area contributed by atoms with Gasteiger partial charge in [0.15, 0.2) is 5.54 Å². The van der Waals surface area contributed by atoms with E-state index >= 15 is 0 Å². The molecule has 1 aliphatic rings. The number of carbonyl (C=O) groups is 2. The number of rotatable bonds is 5. The highest BCUT2D eigenvalue weighted by Crippen LogP contribution is 2.36. The largest absolute Gasteiger partial charge is 0.479 e. The van der Waals surface area contributed by atoms with Gasteiger partial charge in [-0.2, -0.15) is 5.10 Å². The van der Waals surface area contributed by atoms with E-state index in [-0.39, 0.29) is 18.6 Å². The Hall–Kier alpha value is -2.63. The van der Waals surface area contributed by atoms with Crippen LogP contribution in [0.1, 0.15) is 12.8 Å². The molecular weight excluding hydrogens is 260 g/mol. The molecule has 0 radical (unpaired) electrons. The van der Waals surface area contributed by atoms with Crippen molar-refractivity contribution in [3.63, 3.8) is 0 Å². The highest BCUT2D eigenvalue weighted by Gasteiger charge is 2.50. The monoisotopic (exact) mass is 274 g/mol. The Morgan fingerprint density at radius 2 is 2.00 bits per heavy atom. The lowest BCUT2D eigenvalue weighted by atomic mass is 9.89. The van der Waals surface area contributed by atoms with Gasteiger partial charge in [-0.05, 0) is 12.1 Å². The molecule has 1 heterocycles. The molecule has 2 rings (SSSR count). The van der Waals surface area contributed by atoms with Crippen molar-refractivity contribution >= 4 is 23.3 Å². The highest BCUT2D eigenvalue weighted by atomic mass is 16.4. The lowest BCUT2D eigenvalue weighted by Crippen LogP contribution is -2.50. The van der Waals surface area contributed by atoms with Crippen LogP contribution in [0, 0.1) is 0 Å². The summed E-state index contributed by atoms with van der Waals surface area (Å²) in [4.78, 5) is 22.8. The van der Waals surface area contributed by atoms with Crippen molar-refractivity contribution < 1.29 is 19.8 Å². The molecule has 6 nitrogen and oxygen atoms in total. The first kappa shape index (κ1) is 13.8. The highest BCUT2D eigenvalue weighted by molar-refractivity contribution is 6.37. The van der Waals surface area contributed by atoms with E-state index < -0.39 is 17.5 Å². The van der Waals surface area contributed by atoms with E-state index in [0.717, 1.165) is 0 Å². The summed E-state index contributed by atoms with van der Waals surface area (Å²) in [5, 5.41) is 23.9. The van der Waals surface area contributed by atoms with Crippen LogP contribution >= 0.6 is 0 Å². The van der Waals surface area contributed by atoms with E-state index in [1.807, 2.05) is 0 Å². The second-order valence-corrected chi connectivity index (χ2v) is 4.51. The molecule has 1 aliphatic heterocycles. The van der Waals surface area contributed by atoms with Gasteiger partial charge in [0.1, 0.15) is 5.71 Å². The summed E-state index contributed by atoms with van der Waals surface area (Å²) in [6, 6.07) is 8.65. The maximum atomic E-state index is 11.7. The summed E-state index contributed by atoms with van der Waals surface area (Å²) in [5.41, 5.74) is -1.07. The third kappa shape index (κ3) is 2.16. The molecule has 1 atom stereocenters.